The monoisotopic (exact) mass is 352 g/mol. The van der Waals surface area contributed by atoms with Gasteiger partial charge in [0.1, 0.15) is 0 Å². The summed E-state index contributed by atoms with van der Waals surface area (Å²) in [6.45, 7) is 2.46. The third kappa shape index (κ3) is 5.79. The van der Waals surface area contributed by atoms with E-state index in [4.69, 9.17) is 0 Å². The molecular weight excluding hydrogens is 328 g/mol. The van der Waals surface area contributed by atoms with Crippen molar-refractivity contribution in [2.45, 2.75) is 57.5 Å². The first-order valence-corrected chi connectivity index (χ1v) is 8.72. The largest absolute Gasteiger partial charge is 0.352 e. The van der Waals surface area contributed by atoms with Gasteiger partial charge in [-0.05, 0) is 37.5 Å². The Kier molecular flexibility index (Phi) is 6.71. The van der Waals surface area contributed by atoms with Crippen molar-refractivity contribution in [3.05, 3.63) is 34.3 Å². The van der Waals surface area contributed by atoms with E-state index in [0.717, 1.165) is 17.3 Å². The van der Waals surface area contributed by atoms with E-state index >= 15 is 0 Å². The lowest BCUT2D eigenvalue weighted by atomic mass is 10.1. The fourth-order valence-corrected chi connectivity index (χ4v) is 3.26. The van der Waals surface area contributed by atoms with Crippen molar-refractivity contribution in [3.63, 3.8) is 0 Å². The number of rotatable bonds is 5. The maximum atomic E-state index is 12.0. The molecule has 0 spiro atoms. The van der Waals surface area contributed by atoms with Crippen LogP contribution in [0.2, 0.25) is 0 Å². The molecule has 1 atom stereocenters. The van der Waals surface area contributed by atoms with E-state index in [1.54, 1.807) is 0 Å². The SMILES string of the molecule is C[C@@H](NCC(=O)NC1CCCCCC1)c1cccc(Br)c1. The summed E-state index contributed by atoms with van der Waals surface area (Å²) in [7, 11) is 0. The lowest BCUT2D eigenvalue weighted by Gasteiger charge is -2.18. The molecule has 3 nitrogen and oxygen atoms in total. The second-order valence-electron chi connectivity index (χ2n) is 5.91. The van der Waals surface area contributed by atoms with Crippen LogP contribution in [0.1, 0.15) is 57.1 Å². The second-order valence-corrected chi connectivity index (χ2v) is 6.83. The zero-order chi connectivity index (χ0) is 15.1. The van der Waals surface area contributed by atoms with E-state index in [1.807, 2.05) is 12.1 Å². The standard InChI is InChI=1S/C17H25BrN2O/c1-13(14-7-6-8-15(18)11-14)19-12-17(21)20-16-9-4-2-3-5-10-16/h6-8,11,13,16,19H,2-5,9-10,12H2,1H3,(H,20,21)/t13-/m1/s1. The molecule has 0 aromatic heterocycles. The van der Waals surface area contributed by atoms with E-state index in [2.05, 4.69) is 45.6 Å². The molecule has 2 N–H and O–H groups in total. The lowest BCUT2D eigenvalue weighted by Crippen LogP contribution is -2.40. The van der Waals surface area contributed by atoms with Gasteiger partial charge in [0.25, 0.3) is 0 Å². The molecule has 1 amide bonds. The number of hydrogen-bond acceptors (Lipinski definition) is 2. The van der Waals surface area contributed by atoms with Crippen LogP contribution >= 0.6 is 15.9 Å². The zero-order valence-corrected chi connectivity index (χ0v) is 14.3. The van der Waals surface area contributed by atoms with Crippen LogP contribution in [0.3, 0.4) is 0 Å². The van der Waals surface area contributed by atoms with Gasteiger partial charge in [-0.25, -0.2) is 0 Å². The summed E-state index contributed by atoms with van der Waals surface area (Å²) in [6, 6.07) is 8.73. The van der Waals surface area contributed by atoms with Gasteiger partial charge in [-0.3, -0.25) is 4.79 Å². The van der Waals surface area contributed by atoms with Crippen molar-refractivity contribution in [2.75, 3.05) is 6.54 Å². The van der Waals surface area contributed by atoms with Gasteiger partial charge in [0.15, 0.2) is 0 Å². The van der Waals surface area contributed by atoms with Crippen LogP contribution in [-0.2, 0) is 4.79 Å². The highest BCUT2D eigenvalue weighted by Gasteiger charge is 2.15. The average molecular weight is 353 g/mol. The lowest BCUT2D eigenvalue weighted by molar-refractivity contribution is -0.121. The highest BCUT2D eigenvalue weighted by atomic mass is 79.9. The minimum atomic E-state index is 0.115. The quantitative estimate of drug-likeness (QED) is 0.788. The van der Waals surface area contributed by atoms with Gasteiger partial charge in [0, 0.05) is 16.6 Å². The Bertz CT molecular complexity index is 456. The van der Waals surface area contributed by atoms with E-state index < -0.39 is 0 Å². The molecule has 2 rings (SSSR count). The van der Waals surface area contributed by atoms with Crippen molar-refractivity contribution < 1.29 is 4.79 Å². The van der Waals surface area contributed by atoms with Gasteiger partial charge < -0.3 is 10.6 Å². The van der Waals surface area contributed by atoms with Gasteiger partial charge in [0.05, 0.1) is 6.54 Å². The molecule has 1 aliphatic carbocycles. The Morgan fingerprint density at radius 1 is 1.29 bits per heavy atom. The van der Waals surface area contributed by atoms with E-state index in [-0.39, 0.29) is 11.9 Å². The Labute approximate surface area is 136 Å². The van der Waals surface area contributed by atoms with Crippen LogP contribution in [-0.4, -0.2) is 18.5 Å². The Morgan fingerprint density at radius 2 is 2.00 bits per heavy atom. The number of halogens is 1. The molecule has 1 aliphatic rings. The summed E-state index contributed by atoms with van der Waals surface area (Å²) in [5, 5.41) is 6.46. The zero-order valence-electron chi connectivity index (χ0n) is 12.7. The van der Waals surface area contributed by atoms with Crippen LogP contribution in [0, 0.1) is 0 Å². The third-order valence-electron chi connectivity index (χ3n) is 4.14. The molecular formula is C17H25BrN2O. The molecule has 1 aromatic rings. The van der Waals surface area contributed by atoms with Gasteiger partial charge >= 0.3 is 0 Å². The predicted molar refractivity (Wildman–Crippen MR) is 90.2 cm³/mol. The molecule has 1 fully saturated rings. The van der Waals surface area contributed by atoms with Gasteiger partial charge in [-0.1, -0.05) is 53.7 Å². The van der Waals surface area contributed by atoms with E-state index in [1.165, 1.54) is 31.2 Å². The van der Waals surface area contributed by atoms with Crippen LogP contribution in [0.15, 0.2) is 28.7 Å². The van der Waals surface area contributed by atoms with Crippen molar-refractivity contribution in [1.82, 2.24) is 10.6 Å². The van der Waals surface area contributed by atoms with Crippen molar-refractivity contribution in [2.24, 2.45) is 0 Å². The third-order valence-corrected chi connectivity index (χ3v) is 4.63. The first kappa shape index (κ1) is 16.5. The predicted octanol–water partition coefficient (Wildman–Crippen LogP) is 3.94. The molecule has 4 heteroatoms. The number of benzene rings is 1. The van der Waals surface area contributed by atoms with Crippen molar-refractivity contribution in [3.8, 4) is 0 Å². The number of hydrogen-bond donors (Lipinski definition) is 2. The molecule has 0 aliphatic heterocycles. The minimum absolute atomic E-state index is 0.115. The molecule has 116 valence electrons. The maximum absolute atomic E-state index is 12.0. The molecule has 0 heterocycles. The first-order valence-electron chi connectivity index (χ1n) is 7.93. The summed E-state index contributed by atoms with van der Waals surface area (Å²) < 4.78 is 1.07. The molecule has 0 unspecified atom stereocenters. The summed E-state index contributed by atoms with van der Waals surface area (Å²) in [5.41, 5.74) is 1.19. The topological polar surface area (TPSA) is 41.1 Å². The molecule has 0 radical (unpaired) electrons. The van der Waals surface area contributed by atoms with Crippen LogP contribution in [0.5, 0.6) is 0 Å². The van der Waals surface area contributed by atoms with E-state index in [0.29, 0.717) is 12.6 Å². The molecule has 1 aromatic carbocycles. The van der Waals surface area contributed by atoms with Crippen molar-refractivity contribution >= 4 is 21.8 Å². The summed E-state index contributed by atoms with van der Waals surface area (Å²) in [6.07, 6.45) is 7.37. The van der Waals surface area contributed by atoms with Crippen LogP contribution < -0.4 is 10.6 Å². The second kappa shape index (κ2) is 8.54. The Balaban J connectivity index is 1.75. The Hall–Kier alpha value is -0.870. The first-order chi connectivity index (χ1) is 10.1. The van der Waals surface area contributed by atoms with Gasteiger partial charge in [0.2, 0.25) is 5.91 Å². The molecule has 0 saturated heterocycles. The summed E-state index contributed by atoms with van der Waals surface area (Å²) in [4.78, 5) is 12.0. The molecule has 21 heavy (non-hydrogen) atoms. The highest BCUT2D eigenvalue weighted by molar-refractivity contribution is 9.10. The minimum Gasteiger partial charge on any atom is -0.352 e. The number of carbonyl (C=O) groups is 1. The van der Waals surface area contributed by atoms with Crippen molar-refractivity contribution in [1.29, 1.82) is 0 Å². The van der Waals surface area contributed by atoms with Gasteiger partial charge in [-0.15, -0.1) is 0 Å². The normalized spacial score (nSPS) is 18.0. The average Bonchev–Trinajstić information content (AvgIpc) is 2.73. The molecule has 0 bridgehead atoms. The fraction of sp³-hybridized carbons (Fsp3) is 0.588. The summed E-state index contributed by atoms with van der Waals surface area (Å²) >= 11 is 3.48. The highest BCUT2D eigenvalue weighted by Crippen LogP contribution is 2.18. The number of carbonyl (C=O) groups excluding carboxylic acids is 1. The van der Waals surface area contributed by atoms with Crippen LogP contribution in [0.4, 0.5) is 0 Å². The number of amides is 1. The van der Waals surface area contributed by atoms with E-state index in [9.17, 15) is 4.79 Å². The van der Waals surface area contributed by atoms with Gasteiger partial charge in [-0.2, -0.15) is 0 Å². The Morgan fingerprint density at radius 3 is 2.67 bits per heavy atom. The summed E-state index contributed by atoms with van der Waals surface area (Å²) in [5.74, 6) is 0.115. The smallest absolute Gasteiger partial charge is 0.234 e. The fourth-order valence-electron chi connectivity index (χ4n) is 2.84. The molecule has 1 saturated carbocycles. The van der Waals surface area contributed by atoms with Crippen LogP contribution in [0.25, 0.3) is 0 Å². The number of nitrogens with one attached hydrogen (secondary N) is 2. The maximum Gasteiger partial charge on any atom is 0.234 e.